The average molecular weight is 298 g/mol. The Morgan fingerprint density at radius 1 is 1.09 bits per heavy atom. The lowest BCUT2D eigenvalue weighted by Crippen LogP contribution is -2.01. The minimum Gasteiger partial charge on any atom is -0.488 e. The molecule has 112 valence electrons. The molecule has 0 fully saturated rings. The number of halogens is 1. The van der Waals surface area contributed by atoms with Crippen LogP contribution in [0.15, 0.2) is 51.7 Å². The second kappa shape index (κ2) is 5.64. The molecule has 0 atom stereocenters. The molecule has 0 amide bonds. The minimum absolute atomic E-state index is 0.275. The van der Waals surface area contributed by atoms with E-state index >= 15 is 0 Å². The predicted molar refractivity (Wildman–Crippen MR) is 82.7 cm³/mol. The van der Waals surface area contributed by atoms with Gasteiger partial charge in [0.25, 0.3) is 0 Å². The highest BCUT2D eigenvalue weighted by molar-refractivity contribution is 5.84. The van der Waals surface area contributed by atoms with Crippen molar-refractivity contribution in [3.63, 3.8) is 0 Å². The van der Waals surface area contributed by atoms with Crippen LogP contribution in [0.2, 0.25) is 0 Å². The fraction of sp³-hybridized carbons (Fsp3) is 0.167. The maximum absolute atomic E-state index is 12.9. The Labute approximate surface area is 127 Å². The first kappa shape index (κ1) is 14.3. The van der Waals surface area contributed by atoms with Crippen molar-refractivity contribution in [2.24, 2.45) is 0 Å². The molecule has 0 aliphatic rings. The van der Waals surface area contributed by atoms with Gasteiger partial charge in [0.1, 0.15) is 23.8 Å². The molecule has 0 unspecified atom stereocenters. The predicted octanol–water partition coefficient (Wildman–Crippen LogP) is 4.13. The van der Waals surface area contributed by atoms with Crippen LogP contribution in [0.1, 0.15) is 16.7 Å². The van der Waals surface area contributed by atoms with Crippen molar-refractivity contribution in [3.05, 3.63) is 75.4 Å². The van der Waals surface area contributed by atoms with Gasteiger partial charge in [0.15, 0.2) is 0 Å². The van der Waals surface area contributed by atoms with E-state index in [1.807, 2.05) is 26.0 Å². The number of benzene rings is 2. The van der Waals surface area contributed by atoms with E-state index in [1.54, 1.807) is 12.1 Å². The summed E-state index contributed by atoms with van der Waals surface area (Å²) in [7, 11) is 0. The molecular formula is C18H15FO3. The molecule has 0 saturated carbocycles. The van der Waals surface area contributed by atoms with E-state index in [-0.39, 0.29) is 11.4 Å². The van der Waals surface area contributed by atoms with Gasteiger partial charge in [-0.15, -0.1) is 0 Å². The maximum atomic E-state index is 12.9. The first-order chi connectivity index (χ1) is 10.5. The Hall–Kier alpha value is -2.62. The standard InChI is InChI=1S/C18H15FO3/c1-11-9-17(20)22-18-12(2)16(8-7-15(11)18)21-10-13-3-5-14(19)6-4-13/h3-9H,10H2,1-2H3. The monoisotopic (exact) mass is 298 g/mol. The average Bonchev–Trinajstić information content (AvgIpc) is 2.49. The van der Waals surface area contributed by atoms with Crippen LogP contribution in [-0.2, 0) is 6.61 Å². The van der Waals surface area contributed by atoms with Gasteiger partial charge >= 0.3 is 5.63 Å². The van der Waals surface area contributed by atoms with Crippen molar-refractivity contribution in [2.75, 3.05) is 0 Å². The number of hydrogen-bond acceptors (Lipinski definition) is 3. The first-order valence-electron chi connectivity index (χ1n) is 6.96. The van der Waals surface area contributed by atoms with Crippen molar-refractivity contribution in [1.82, 2.24) is 0 Å². The van der Waals surface area contributed by atoms with E-state index in [0.717, 1.165) is 22.1 Å². The summed E-state index contributed by atoms with van der Waals surface area (Å²) in [5.74, 6) is 0.369. The molecule has 0 aliphatic carbocycles. The van der Waals surface area contributed by atoms with Crippen molar-refractivity contribution < 1.29 is 13.5 Å². The molecule has 1 heterocycles. The lowest BCUT2D eigenvalue weighted by molar-refractivity contribution is 0.304. The molecular weight excluding hydrogens is 283 g/mol. The Kier molecular flexibility index (Phi) is 3.67. The van der Waals surface area contributed by atoms with E-state index in [4.69, 9.17) is 9.15 Å². The summed E-state index contributed by atoms with van der Waals surface area (Å²) in [6.45, 7) is 4.05. The molecule has 3 nitrogen and oxygen atoms in total. The van der Waals surface area contributed by atoms with E-state index < -0.39 is 0 Å². The van der Waals surface area contributed by atoms with Crippen LogP contribution >= 0.6 is 0 Å². The second-order valence-electron chi connectivity index (χ2n) is 5.23. The number of aryl methyl sites for hydroxylation is 2. The minimum atomic E-state index is -0.371. The summed E-state index contributed by atoms with van der Waals surface area (Å²) in [4.78, 5) is 11.5. The van der Waals surface area contributed by atoms with Gasteiger partial charge in [-0.05, 0) is 49.2 Å². The van der Waals surface area contributed by atoms with E-state index in [9.17, 15) is 9.18 Å². The highest BCUT2D eigenvalue weighted by Crippen LogP contribution is 2.28. The summed E-state index contributed by atoms with van der Waals surface area (Å²) in [5, 5.41) is 0.895. The van der Waals surface area contributed by atoms with Crippen LogP contribution in [0.25, 0.3) is 11.0 Å². The van der Waals surface area contributed by atoms with Gasteiger partial charge in [-0.2, -0.15) is 0 Å². The van der Waals surface area contributed by atoms with Gasteiger partial charge in [-0.3, -0.25) is 0 Å². The zero-order chi connectivity index (χ0) is 15.7. The summed E-state index contributed by atoms with van der Waals surface area (Å²) in [6.07, 6.45) is 0. The zero-order valence-electron chi connectivity index (χ0n) is 12.4. The van der Waals surface area contributed by atoms with Gasteiger partial charge in [-0.25, -0.2) is 9.18 Å². The second-order valence-corrected chi connectivity index (χ2v) is 5.23. The quantitative estimate of drug-likeness (QED) is 0.683. The van der Waals surface area contributed by atoms with Crippen molar-refractivity contribution in [3.8, 4) is 5.75 Å². The summed E-state index contributed by atoms with van der Waals surface area (Å²) in [5.41, 5.74) is 2.69. The van der Waals surface area contributed by atoms with Crippen LogP contribution < -0.4 is 10.4 Å². The van der Waals surface area contributed by atoms with Gasteiger partial charge in [0.2, 0.25) is 0 Å². The van der Waals surface area contributed by atoms with Crippen LogP contribution in [-0.4, -0.2) is 0 Å². The largest absolute Gasteiger partial charge is 0.488 e. The number of hydrogen-bond donors (Lipinski definition) is 0. The molecule has 4 heteroatoms. The molecule has 0 N–H and O–H groups in total. The third kappa shape index (κ3) is 2.72. The third-order valence-corrected chi connectivity index (χ3v) is 3.63. The van der Waals surface area contributed by atoms with Crippen molar-refractivity contribution >= 4 is 11.0 Å². The normalized spacial score (nSPS) is 10.9. The van der Waals surface area contributed by atoms with Gasteiger partial charge in [0.05, 0.1) is 0 Å². The first-order valence-corrected chi connectivity index (χ1v) is 6.96. The van der Waals surface area contributed by atoms with Gasteiger partial charge < -0.3 is 9.15 Å². The number of rotatable bonds is 3. The Balaban J connectivity index is 1.93. The maximum Gasteiger partial charge on any atom is 0.336 e. The fourth-order valence-corrected chi connectivity index (χ4v) is 2.40. The fourth-order valence-electron chi connectivity index (χ4n) is 2.40. The van der Waals surface area contributed by atoms with Crippen molar-refractivity contribution in [2.45, 2.75) is 20.5 Å². The Morgan fingerprint density at radius 2 is 1.82 bits per heavy atom. The molecule has 3 rings (SSSR count). The van der Waals surface area contributed by atoms with Crippen LogP contribution in [0.4, 0.5) is 4.39 Å². The number of fused-ring (bicyclic) bond motifs is 1. The summed E-state index contributed by atoms with van der Waals surface area (Å²) in [6, 6.07) is 11.4. The summed E-state index contributed by atoms with van der Waals surface area (Å²) < 4.78 is 23.9. The van der Waals surface area contributed by atoms with Gasteiger partial charge in [-0.1, -0.05) is 12.1 Å². The molecule has 22 heavy (non-hydrogen) atoms. The van der Waals surface area contributed by atoms with Gasteiger partial charge in [0, 0.05) is 17.0 Å². The molecule has 0 bridgehead atoms. The molecule has 1 aromatic heterocycles. The lowest BCUT2D eigenvalue weighted by Gasteiger charge is -2.11. The lowest BCUT2D eigenvalue weighted by atomic mass is 10.1. The molecule has 3 aromatic rings. The topological polar surface area (TPSA) is 39.4 Å². The summed E-state index contributed by atoms with van der Waals surface area (Å²) >= 11 is 0. The molecule has 0 radical (unpaired) electrons. The SMILES string of the molecule is Cc1cc(=O)oc2c(C)c(OCc3ccc(F)cc3)ccc12. The smallest absolute Gasteiger partial charge is 0.336 e. The van der Waals surface area contributed by atoms with Crippen LogP contribution in [0.3, 0.4) is 0 Å². The Bertz CT molecular complexity index is 879. The van der Waals surface area contributed by atoms with E-state index in [2.05, 4.69) is 0 Å². The van der Waals surface area contributed by atoms with Crippen molar-refractivity contribution in [1.29, 1.82) is 0 Å². The number of ether oxygens (including phenoxy) is 1. The van der Waals surface area contributed by atoms with E-state index in [1.165, 1.54) is 18.2 Å². The van der Waals surface area contributed by atoms with Crippen LogP contribution in [0, 0.1) is 19.7 Å². The van der Waals surface area contributed by atoms with Crippen LogP contribution in [0.5, 0.6) is 5.75 Å². The highest BCUT2D eigenvalue weighted by Gasteiger charge is 2.10. The Morgan fingerprint density at radius 3 is 2.55 bits per heavy atom. The molecule has 0 spiro atoms. The third-order valence-electron chi connectivity index (χ3n) is 3.63. The van der Waals surface area contributed by atoms with E-state index in [0.29, 0.717) is 17.9 Å². The molecule has 2 aromatic carbocycles. The highest BCUT2D eigenvalue weighted by atomic mass is 19.1. The molecule has 0 saturated heterocycles. The molecule has 0 aliphatic heterocycles. The zero-order valence-corrected chi connectivity index (χ0v) is 12.4.